The largest absolute Gasteiger partial charge is 0.378 e. The van der Waals surface area contributed by atoms with Gasteiger partial charge >= 0.3 is 0 Å². The van der Waals surface area contributed by atoms with E-state index in [-0.39, 0.29) is 0 Å². The molecule has 0 bridgehead atoms. The summed E-state index contributed by atoms with van der Waals surface area (Å²) in [5.41, 5.74) is 4.08. The van der Waals surface area contributed by atoms with Crippen LogP contribution in [0.15, 0.2) is 47.4 Å². The number of benzene rings is 2. The average Bonchev–Trinajstić information content (AvgIpc) is 2.97. The molecule has 2 fully saturated rings. The molecule has 9 heteroatoms. The lowest BCUT2D eigenvalue weighted by Gasteiger charge is -2.34. The standard InChI is InChI=1S/C32H48ClN5OS2/c1-34(2)30-11-13-32(14-12-30)40-36-18-5-16-35(26-31-8-3-4-23-39-31)17-6-20-37(21-7-19-36)41-38-22-15-27-24-29(33)10-9-28(27)25-38/h9-14,24,31H,3-8,15-23,25-26H2,1-2H3. The van der Waals surface area contributed by atoms with Crippen LogP contribution < -0.4 is 4.90 Å². The van der Waals surface area contributed by atoms with Crippen molar-refractivity contribution in [2.45, 2.75) is 62.5 Å². The SMILES string of the molecule is CN(C)c1ccc(SN2CCCN(CC3CCCCO3)CCCN(SN3CCc4cc(Cl)ccc4C3)CCC2)cc1. The number of ether oxygens (including phenoxy) is 1. The van der Waals surface area contributed by atoms with Crippen LogP contribution in [-0.2, 0) is 17.7 Å². The molecule has 0 spiro atoms. The summed E-state index contributed by atoms with van der Waals surface area (Å²) in [4.78, 5) is 6.18. The zero-order valence-electron chi connectivity index (χ0n) is 25.0. The van der Waals surface area contributed by atoms with Crippen LogP contribution in [-0.4, -0.2) is 97.0 Å². The zero-order chi connectivity index (χ0) is 28.4. The summed E-state index contributed by atoms with van der Waals surface area (Å²) in [6.45, 7) is 10.8. The molecule has 1 atom stereocenters. The second-order valence-corrected chi connectivity index (χ2v) is 14.6. The molecular formula is C32H48ClN5OS2. The Morgan fingerprint density at radius 1 is 0.805 bits per heavy atom. The second-order valence-electron chi connectivity index (χ2n) is 11.8. The van der Waals surface area contributed by atoms with Gasteiger partial charge in [0.05, 0.1) is 6.10 Å². The smallest absolute Gasteiger partial charge is 0.0702 e. The molecule has 3 aliphatic heterocycles. The molecule has 41 heavy (non-hydrogen) atoms. The van der Waals surface area contributed by atoms with Gasteiger partial charge in [-0.1, -0.05) is 17.7 Å². The van der Waals surface area contributed by atoms with Crippen molar-refractivity contribution >= 4 is 41.4 Å². The number of halogens is 1. The lowest BCUT2D eigenvalue weighted by atomic mass is 10.0. The van der Waals surface area contributed by atoms with Crippen molar-refractivity contribution < 1.29 is 4.74 Å². The predicted molar refractivity (Wildman–Crippen MR) is 177 cm³/mol. The third-order valence-electron chi connectivity index (χ3n) is 8.28. The minimum absolute atomic E-state index is 0.407. The molecule has 3 heterocycles. The Kier molecular flexibility index (Phi) is 12.4. The van der Waals surface area contributed by atoms with E-state index in [0.29, 0.717) is 6.10 Å². The van der Waals surface area contributed by atoms with E-state index in [4.69, 9.17) is 16.3 Å². The van der Waals surface area contributed by atoms with Gasteiger partial charge in [-0.05, 0) is 118 Å². The normalized spacial score (nSPS) is 23.0. The van der Waals surface area contributed by atoms with Gasteiger partial charge in [-0.15, -0.1) is 0 Å². The van der Waals surface area contributed by atoms with Crippen LogP contribution in [0.3, 0.4) is 0 Å². The molecule has 0 N–H and O–H groups in total. The summed E-state index contributed by atoms with van der Waals surface area (Å²) in [5, 5.41) is 0.854. The van der Waals surface area contributed by atoms with E-state index in [1.165, 1.54) is 60.2 Å². The molecular weight excluding hydrogens is 570 g/mol. The van der Waals surface area contributed by atoms with Crippen LogP contribution in [0.1, 0.15) is 49.7 Å². The molecule has 226 valence electrons. The minimum atomic E-state index is 0.407. The number of hydrogen-bond acceptors (Lipinski definition) is 8. The number of fused-ring (bicyclic) bond motifs is 1. The van der Waals surface area contributed by atoms with E-state index >= 15 is 0 Å². The highest BCUT2D eigenvalue weighted by atomic mass is 35.5. The molecule has 0 amide bonds. The van der Waals surface area contributed by atoms with Gasteiger partial charge in [-0.2, -0.15) is 0 Å². The summed E-state index contributed by atoms with van der Waals surface area (Å²) in [5.74, 6) is 0. The maximum Gasteiger partial charge on any atom is 0.0702 e. The van der Waals surface area contributed by atoms with Crippen LogP contribution in [0.2, 0.25) is 5.02 Å². The quantitative estimate of drug-likeness (QED) is 0.317. The molecule has 0 aromatic heterocycles. The third kappa shape index (κ3) is 10.0. The topological polar surface area (TPSA) is 25.4 Å². The lowest BCUT2D eigenvalue weighted by Crippen LogP contribution is -2.39. The first kappa shape index (κ1) is 31.5. The van der Waals surface area contributed by atoms with Crippen molar-refractivity contribution in [1.29, 1.82) is 0 Å². The van der Waals surface area contributed by atoms with Crippen molar-refractivity contribution in [3.8, 4) is 0 Å². The predicted octanol–water partition coefficient (Wildman–Crippen LogP) is 6.69. The zero-order valence-corrected chi connectivity index (χ0v) is 27.4. The van der Waals surface area contributed by atoms with Crippen LogP contribution in [0.5, 0.6) is 0 Å². The van der Waals surface area contributed by atoms with Crippen LogP contribution in [0.25, 0.3) is 0 Å². The Balaban J connectivity index is 1.22. The molecule has 0 radical (unpaired) electrons. The fourth-order valence-corrected chi connectivity index (χ4v) is 8.29. The Labute approximate surface area is 262 Å². The first-order valence-corrected chi connectivity index (χ1v) is 17.4. The molecule has 2 aromatic carbocycles. The van der Waals surface area contributed by atoms with Crippen LogP contribution in [0.4, 0.5) is 5.69 Å². The molecule has 2 saturated heterocycles. The van der Waals surface area contributed by atoms with Gasteiger partial charge in [0, 0.05) is 94.3 Å². The molecule has 1 unspecified atom stereocenters. The van der Waals surface area contributed by atoms with Crippen LogP contribution in [0, 0.1) is 0 Å². The van der Waals surface area contributed by atoms with Gasteiger partial charge in [0.2, 0.25) is 0 Å². The number of rotatable bonds is 7. The second kappa shape index (κ2) is 16.2. The number of hydrogen-bond donors (Lipinski definition) is 0. The lowest BCUT2D eigenvalue weighted by molar-refractivity contribution is -0.00637. The summed E-state index contributed by atoms with van der Waals surface area (Å²) >= 11 is 10.2. The van der Waals surface area contributed by atoms with Gasteiger partial charge in [0.1, 0.15) is 0 Å². The third-order valence-corrected chi connectivity index (χ3v) is 10.8. The summed E-state index contributed by atoms with van der Waals surface area (Å²) in [6, 6.07) is 15.4. The van der Waals surface area contributed by atoms with E-state index in [9.17, 15) is 0 Å². The maximum absolute atomic E-state index is 6.26. The van der Waals surface area contributed by atoms with E-state index < -0.39 is 0 Å². The molecule has 0 saturated carbocycles. The summed E-state index contributed by atoms with van der Waals surface area (Å²) in [7, 11) is 4.20. The van der Waals surface area contributed by atoms with Crippen molar-refractivity contribution in [3.63, 3.8) is 0 Å². The van der Waals surface area contributed by atoms with Gasteiger partial charge in [-0.3, -0.25) is 0 Å². The molecule has 6 nitrogen and oxygen atoms in total. The van der Waals surface area contributed by atoms with Gasteiger partial charge in [0.25, 0.3) is 0 Å². The Morgan fingerprint density at radius 3 is 2.24 bits per heavy atom. The van der Waals surface area contributed by atoms with E-state index in [1.54, 1.807) is 0 Å². The van der Waals surface area contributed by atoms with E-state index in [2.05, 4.69) is 73.2 Å². The summed E-state index contributed by atoms with van der Waals surface area (Å²) < 4.78 is 13.9. The fourth-order valence-electron chi connectivity index (χ4n) is 5.98. The van der Waals surface area contributed by atoms with Crippen molar-refractivity contribution in [1.82, 2.24) is 17.8 Å². The molecule has 5 rings (SSSR count). The monoisotopic (exact) mass is 617 g/mol. The first-order valence-electron chi connectivity index (χ1n) is 15.5. The fraction of sp³-hybridized carbons (Fsp3) is 0.625. The number of nitrogens with zero attached hydrogens (tertiary/aromatic N) is 5. The van der Waals surface area contributed by atoms with Crippen LogP contribution >= 0.6 is 35.7 Å². The highest BCUT2D eigenvalue weighted by Crippen LogP contribution is 2.30. The van der Waals surface area contributed by atoms with E-state index in [0.717, 1.165) is 77.0 Å². The Hall–Kier alpha value is -0.970. The average molecular weight is 618 g/mol. The first-order chi connectivity index (χ1) is 20.0. The number of anilines is 1. The molecule has 0 aliphatic carbocycles. The molecule has 2 aromatic rings. The summed E-state index contributed by atoms with van der Waals surface area (Å²) in [6.07, 6.45) is 8.80. The minimum Gasteiger partial charge on any atom is -0.378 e. The molecule has 3 aliphatic rings. The Bertz CT molecular complexity index is 1070. The highest BCUT2D eigenvalue weighted by molar-refractivity contribution is 7.97. The van der Waals surface area contributed by atoms with Gasteiger partial charge in [-0.25, -0.2) is 12.9 Å². The van der Waals surface area contributed by atoms with Crippen molar-refractivity contribution in [3.05, 3.63) is 58.6 Å². The van der Waals surface area contributed by atoms with Gasteiger partial charge < -0.3 is 14.5 Å². The van der Waals surface area contributed by atoms with Crippen molar-refractivity contribution in [2.24, 2.45) is 0 Å². The van der Waals surface area contributed by atoms with E-state index in [1.807, 2.05) is 30.1 Å². The Morgan fingerprint density at radius 2 is 1.54 bits per heavy atom. The highest BCUT2D eigenvalue weighted by Gasteiger charge is 2.22. The van der Waals surface area contributed by atoms with Gasteiger partial charge in [0.15, 0.2) is 0 Å². The van der Waals surface area contributed by atoms with Crippen molar-refractivity contribution in [2.75, 3.05) is 78.0 Å². The maximum atomic E-state index is 6.26.